The number of rotatable bonds is 4. The van der Waals surface area contributed by atoms with E-state index in [9.17, 15) is 4.79 Å². The summed E-state index contributed by atoms with van der Waals surface area (Å²) < 4.78 is 5.94. The second kappa shape index (κ2) is 6.12. The lowest BCUT2D eigenvalue weighted by molar-refractivity contribution is 0.0950. The molecule has 0 spiro atoms. The van der Waals surface area contributed by atoms with Crippen LogP contribution < -0.4 is 5.43 Å². The van der Waals surface area contributed by atoms with E-state index in [0.29, 0.717) is 11.4 Å². The number of carbonyl (C=O) groups excluding carboxylic acids is 1. The molecular formula is C18H19N3O2. The highest BCUT2D eigenvalue weighted by atomic mass is 16.3. The van der Waals surface area contributed by atoms with Gasteiger partial charge in [-0.1, -0.05) is 18.6 Å². The maximum atomic E-state index is 11.9. The highest BCUT2D eigenvalue weighted by Gasteiger charge is 2.15. The maximum Gasteiger partial charge on any atom is 0.287 e. The number of carbonyl (C=O) groups is 1. The van der Waals surface area contributed by atoms with E-state index in [-0.39, 0.29) is 5.91 Å². The number of nitrogens with zero attached hydrogens (tertiary/aromatic N) is 1. The molecule has 5 heteroatoms. The Bertz CT molecular complexity index is 873. The van der Waals surface area contributed by atoms with E-state index < -0.39 is 0 Å². The summed E-state index contributed by atoms with van der Waals surface area (Å²) in [6, 6.07) is 9.57. The molecule has 0 aliphatic rings. The van der Waals surface area contributed by atoms with Crippen molar-refractivity contribution >= 4 is 22.6 Å². The van der Waals surface area contributed by atoms with Crippen molar-refractivity contribution in [2.45, 2.75) is 27.2 Å². The molecule has 23 heavy (non-hydrogen) atoms. The fourth-order valence-corrected chi connectivity index (χ4v) is 2.62. The Hall–Kier alpha value is -2.82. The summed E-state index contributed by atoms with van der Waals surface area (Å²) >= 11 is 0. The van der Waals surface area contributed by atoms with Gasteiger partial charge in [-0.2, -0.15) is 5.10 Å². The fraction of sp³-hybridized carbons (Fsp3) is 0.222. The first-order valence-corrected chi connectivity index (χ1v) is 7.60. The standard InChI is InChI=1S/C18H19N3O2/c1-4-13-14-10-11(2)7-8-16(14)23-17(13)12(3)20-21-18(22)15-6-5-9-19-15/h5-10,19H,4H2,1-3H3,(H,21,22)/b20-12-. The van der Waals surface area contributed by atoms with Gasteiger partial charge < -0.3 is 9.40 Å². The van der Waals surface area contributed by atoms with Crippen molar-refractivity contribution in [3.8, 4) is 0 Å². The third-order valence-electron chi connectivity index (χ3n) is 3.80. The number of furan rings is 1. The molecule has 0 aliphatic heterocycles. The van der Waals surface area contributed by atoms with Crippen LogP contribution >= 0.6 is 0 Å². The normalized spacial score (nSPS) is 11.9. The molecule has 2 N–H and O–H groups in total. The number of aryl methyl sites for hydroxylation is 2. The second-order valence-corrected chi connectivity index (χ2v) is 5.48. The molecule has 0 atom stereocenters. The summed E-state index contributed by atoms with van der Waals surface area (Å²) in [5, 5.41) is 5.28. The van der Waals surface area contributed by atoms with Gasteiger partial charge in [0.05, 0.1) is 0 Å². The smallest absolute Gasteiger partial charge is 0.287 e. The number of hydrazone groups is 1. The molecule has 2 aromatic heterocycles. The third-order valence-corrected chi connectivity index (χ3v) is 3.80. The number of H-pyrrole nitrogens is 1. The van der Waals surface area contributed by atoms with Gasteiger partial charge in [0, 0.05) is 17.1 Å². The molecule has 0 bridgehead atoms. The Morgan fingerprint density at radius 2 is 2.17 bits per heavy atom. The molecular weight excluding hydrogens is 290 g/mol. The van der Waals surface area contributed by atoms with Crippen LogP contribution in [0.4, 0.5) is 0 Å². The predicted octanol–water partition coefficient (Wildman–Crippen LogP) is 3.79. The van der Waals surface area contributed by atoms with Gasteiger partial charge in [-0.15, -0.1) is 0 Å². The molecule has 3 aromatic rings. The molecule has 0 unspecified atom stereocenters. The van der Waals surface area contributed by atoms with Crippen LogP contribution in [0.2, 0.25) is 0 Å². The minimum absolute atomic E-state index is 0.278. The summed E-state index contributed by atoms with van der Waals surface area (Å²) in [5.41, 5.74) is 6.81. The number of amides is 1. The molecule has 3 rings (SSSR count). The van der Waals surface area contributed by atoms with E-state index in [4.69, 9.17) is 4.42 Å². The Morgan fingerprint density at radius 3 is 2.87 bits per heavy atom. The number of aromatic nitrogens is 1. The Balaban J connectivity index is 1.92. The van der Waals surface area contributed by atoms with Crippen molar-refractivity contribution in [3.63, 3.8) is 0 Å². The average molecular weight is 309 g/mol. The van der Waals surface area contributed by atoms with Gasteiger partial charge in [0.25, 0.3) is 5.91 Å². The second-order valence-electron chi connectivity index (χ2n) is 5.48. The average Bonchev–Trinajstić information content (AvgIpc) is 3.19. The topological polar surface area (TPSA) is 70.4 Å². The summed E-state index contributed by atoms with van der Waals surface area (Å²) in [6.45, 7) is 5.97. The number of hydrogen-bond acceptors (Lipinski definition) is 3. The first-order chi connectivity index (χ1) is 11.1. The van der Waals surface area contributed by atoms with E-state index >= 15 is 0 Å². The quantitative estimate of drug-likeness (QED) is 0.568. The van der Waals surface area contributed by atoms with E-state index in [1.165, 1.54) is 5.56 Å². The number of aromatic amines is 1. The highest BCUT2D eigenvalue weighted by Crippen LogP contribution is 2.27. The van der Waals surface area contributed by atoms with Gasteiger partial charge >= 0.3 is 0 Å². The maximum absolute atomic E-state index is 11.9. The van der Waals surface area contributed by atoms with Crippen molar-refractivity contribution in [3.05, 3.63) is 59.1 Å². The van der Waals surface area contributed by atoms with Gasteiger partial charge in [-0.05, 0) is 44.5 Å². The van der Waals surface area contributed by atoms with Gasteiger partial charge in [-0.25, -0.2) is 5.43 Å². The van der Waals surface area contributed by atoms with Crippen molar-refractivity contribution < 1.29 is 9.21 Å². The van der Waals surface area contributed by atoms with Gasteiger partial charge in [0.1, 0.15) is 17.0 Å². The number of nitrogens with one attached hydrogen (secondary N) is 2. The zero-order chi connectivity index (χ0) is 16.4. The Kier molecular flexibility index (Phi) is 4.02. The highest BCUT2D eigenvalue weighted by molar-refractivity contribution is 6.03. The summed E-state index contributed by atoms with van der Waals surface area (Å²) in [5.74, 6) is 0.444. The van der Waals surface area contributed by atoms with Gasteiger partial charge in [-0.3, -0.25) is 4.79 Å². The SMILES string of the molecule is CCc1c(/C(C)=N\NC(=O)c2ccc[nH]2)oc2ccc(C)cc12. The van der Waals surface area contributed by atoms with E-state index in [1.54, 1.807) is 18.3 Å². The molecule has 5 nitrogen and oxygen atoms in total. The van der Waals surface area contributed by atoms with Crippen LogP contribution in [0.15, 0.2) is 46.0 Å². The molecule has 0 aliphatic carbocycles. The van der Waals surface area contributed by atoms with Crippen LogP contribution in [0.25, 0.3) is 11.0 Å². The summed E-state index contributed by atoms with van der Waals surface area (Å²) in [4.78, 5) is 14.8. The first kappa shape index (κ1) is 15.1. The zero-order valence-corrected chi connectivity index (χ0v) is 13.4. The lowest BCUT2D eigenvalue weighted by Crippen LogP contribution is -2.19. The zero-order valence-electron chi connectivity index (χ0n) is 13.4. The van der Waals surface area contributed by atoms with E-state index in [1.807, 2.05) is 19.1 Å². The first-order valence-electron chi connectivity index (χ1n) is 7.60. The lowest BCUT2D eigenvalue weighted by Gasteiger charge is -2.01. The van der Waals surface area contributed by atoms with E-state index in [2.05, 4.69) is 35.4 Å². The van der Waals surface area contributed by atoms with Crippen LogP contribution in [0.3, 0.4) is 0 Å². The number of hydrogen-bond donors (Lipinski definition) is 2. The summed E-state index contributed by atoms with van der Waals surface area (Å²) in [7, 11) is 0. The van der Waals surface area contributed by atoms with Crippen LogP contribution in [0.5, 0.6) is 0 Å². The predicted molar refractivity (Wildman–Crippen MR) is 90.8 cm³/mol. The number of benzene rings is 1. The lowest BCUT2D eigenvalue weighted by atomic mass is 10.0. The molecule has 0 saturated heterocycles. The third kappa shape index (κ3) is 2.90. The van der Waals surface area contributed by atoms with Gasteiger partial charge in [0.15, 0.2) is 5.76 Å². The molecule has 118 valence electrons. The molecule has 0 saturated carbocycles. The fourth-order valence-electron chi connectivity index (χ4n) is 2.62. The van der Waals surface area contributed by atoms with Crippen molar-refractivity contribution in [1.82, 2.24) is 10.4 Å². The molecule has 0 fully saturated rings. The van der Waals surface area contributed by atoms with Gasteiger partial charge in [0.2, 0.25) is 0 Å². The van der Waals surface area contributed by atoms with Crippen LogP contribution in [0.1, 0.15) is 41.2 Å². The minimum atomic E-state index is -0.278. The van der Waals surface area contributed by atoms with Crippen molar-refractivity contribution in [2.75, 3.05) is 0 Å². The van der Waals surface area contributed by atoms with Crippen LogP contribution in [0, 0.1) is 6.92 Å². The summed E-state index contributed by atoms with van der Waals surface area (Å²) in [6.07, 6.45) is 2.53. The largest absolute Gasteiger partial charge is 0.454 e. The van der Waals surface area contributed by atoms with Crippen molar-refractivity contribution in [1.29, 1.82) is 0 Å². The minimum Gasteiger partial charge on any atom is -0.454 e. The molecule has 0 radical (unpaired) electrons. The monoisotopic (exact) mass is 309 g/mol. The van der Waals surface area contributed by atoms with E-state index in [0.717, 1.165) is 28.7 Å². The Labute approximate surface area is 134 Å². The molecule has 2 heterocycles. The van der Waals surface area contributed by atoms with Crippen LogP contribution in [-0.4, -0.2) is 16.6 Å². The van der Waals surface area contributed by atoms with Crippen LogP contribution in [-0.2, 0) is 6.42 Å². The van der Waals surface area contributed by atoms with Crippen molar-refractivity contribution in [2.24, 2.45) is 5.10 Å². The number of fused-ring (bicyclic) bond motifs is 1. The molecule has 1 aromatic carbocycles. The molecule has 1 amide bonds. The Morgan fingerprint density at radius 1 is 1.35 bits per heavy atom.